The van der Waals surface area contributed by atoms with Gasteiger partial charge in [0.05, 0.1) is 12.6 Å². The topological polar surface area (TPSA) is 74.7 Å². The third-order valence-corrected chi connectivity index (χ3v) is 4.67. The highest BCUT2D eigenvalue weighted by Crippen LogP contribution is 2.37. The number of alkyl halides is 3. The minimum absolute atomic E-state index is 0.0271. The fourth-order valence-corrected chi connectivity index (χ4v) is 2.85. The lowest BCUT2D eigenvalue weighted by Gasteiger charge is -2.14. The molecule has 0 radical (unpaired) electrons. The van der Waals surface area contributed by atoms with E-state index in [1.54, 1.807) is 0 Å². The number of hydrogen-bond donors (Lipinski definition) is 0. The second-order valence-corrected chi connectivity index (χ2v) is 7.12. The summed E-state index contributed by atoms with van der Waals surface area (Å²) in [7, 11) is -4.47. The molecule has 148 valence electrons. The first kappa shape index (κ1) is 19.7. The van der Waals surface area contributed by atoms with E-state index < -0.39 is 21.4 Å². The number of halogens is 3. The number of pyridine rings is 1. The van der Waals surface area contributed by atoms with Crippen LogP contribution in [0.1, 0.15) is 5.56 Å². The van der Waals surface area contributed by atoms with Gasteiger partial charge < -0.3 is 13.7 Å². The molecule has 2 aromatic carbocycles. The van der Waals surface area contributed by atoms with Gasteiger partial charge >= 0.3 is 15.6 Å². The van der Waals surface area contributed by atoms with Gasteiger partial charge in [0, 0.05) is 23.7 Å². The zero-order valence-electron chi connectivity index (χ0n) is 14.4. The summed E-state index contributed by atoms with van der Waals surface area (Å²) in [6.45, 7) is 0.224. The van der Waals surface area contributed by atoms with Gasteiger partial charge in [-0.3, -0.25) is 4.98 Å². The zero-order chi connectivity index (χ0) is 20.4. The molecule has 0 aliphatic heterocycles. The molecule has 0 bridgehead atoms. The van der Waals surface area contributed by atoms with Crippen LogP contribution < -0.4 is 13.7 Å². The van der Waals surface area contributed by atoms with Crippen molar-refractivity contribution in [1.29, 1.82) is 0 Å². The minimum atomic E-state index is -5.82. The van der Waals surface area contributed by atoms with Gasteiger partial charge in [-0.25, -0.2) is 0 Å². The molecule has 0 atom stereocenters. The van der Waals surface area contributed by atoms with Crippen molar-refractivity contribution < 1.29 is 35.2 Å². The molecule has 0 unspecified atom stereocenters. The van der Waals surface area contributed by atoms with Crippen molar-refractivity contribution in [2.24, 2.45) is 0 Å². The van der Waals surface area contributed by atoms with Crippen molar-refractivity contribution >= 4 is 21.0 Å². The lowest BCUT2D eigenvalue weighted by molar-refractivity contribution is -0.0499. The third-order valence-electron chi connectivity index (χ3n) is 3.71. The molecule has 0 aliphatic rings. The van der Waals surface area contributed by atoms with Gasteiger partial charge in [-0.1, -0.05) is 30.3 Å². The van der Waals surface area contributed by atoms with E-state index in [4.69, 9.17) is 9.47 Å². The average Bonchev–Trinajstić information content (AvgIpc) is 2.65. The van der Waals surface area contributed by atoms with Gasteiger partial charge in [-0.2, -0.15) is 21.6 Å². The Hall–Kier alpha value is -3.01. The first-order chi connectivity index (χ1) is 13.2. The summed E-state index contributed by atoms with van der Waals surface area (Å²) in [5, 5.41) is 0.0271. The second-order valence-electron chi connectivity index (χ2n) is 5.59. The molecule has 3 rings (SSSR count). The van der Waals surface area contributed by atoms with Crippen LogP contribution in [0, 0.1) is 0 Å². The van der Waals surface area contributed by atoms with Gasteiger partial charge in [0.15, 0.2) is 17.2 Å². The number of hydrogen-bond acceptors (Lipinski definition) is 6. The minimum Gasteiger partial charge on any atom is -0.493 e. The maximum atomic E-state index is 12.6. The first-order valence-corrected chi connectivity index (χ1v) is 9.26. The Morgan fingerprint density at radius 1 is 1.00 bits per heavy atom. The Labute approximate surface area is 158 Å². The Balaban J connectivity index is 1.97. The molecule has 10 heteroatoms. The SMILES string of the molecule is COc1cc2c(OS(=O)(=O)C(F)(F)F)ccnc2cc1OCc1ccccc1. The molecule has 0 spiro atoms. The Morgan fingerprint density at radius 2 is 1.71 bits per heavy atom. The van der Waals surface area contributed by atoms with Crippen molar-refractivity contribution in [2.75, 3.05) is 7.11 Å². The standard InChI is InChI=1S/C18H14F3NO5S/c1-25-16-9-13-14(10-17(16)26-11-12-5-3-2-4-6-12)22-8-7-15(13)27-28(23,24)18(19,20)21/h2-10H,11H2,1H3. The number of ether oxygens (including phenoxy) is 2. The Kier molecular flexibility index (Phi) is 5.32. The molecule has 0 saturated carbocycles. The fraction of sp³-hybridized carbons (Fsp3) is 0.167. The number of methoxy groups -OCH3 is 1. The van der Waals surface area contributed by atoms with Crippen LogP contribution in [0.4, 0.5) is 13.2 Å². The van der Waals surface area contributed by atoms with Crippen molar-refractivity contribution in [2.45, 2.75) is 12.1 Å². The summed E-state index contributed by atoms with van der Waals surface area (Å²) in [4.78, 5) is 4.03. The van der Waals surface area contributed by atoms with E-state index in [1.807, 2.05) is 30.3 Å². The summed E-state index contributed by atoms with van der Waals surface area (Å²) in [6, 6.07) is 13.1. The van der Waals surface area contributed by atoms with Crippen LogP contribution in [-0.4, -0.2) is 26.0 Å². The van der Waals surface area contributed by atoms with Crippen LogP contribution in [0.25, 0.3) is 10.9 Å². The lowest BCUT2D eigenvalue weighted by atomic mass is 10.2. The second kappa shape index (κ2) is 7.55. The summed E-state index contributed by atoms with van der Waals surface area (Å²) in [6.07, 6.45) is 1.14. The number of rotatable bonds is 6. The molecule has 0 fully saturated rings. The number of nitrogens with zero attached hydrogens (tertiary/aromatic N) is 1. The van der Waals surface area contributed by atoms with Gasteiger partial charge in [0.2, 0.25) is 0 Å². The molecule has 1 heterocycles. The summed E-state index contributed by atoms with van der Waals surface area (Å²) >= 11 is 0. The van der Waals surface area contributed by atoms with E-state index in [1.165, 1.54) is 19.2 Å². The summed E-state index contributed by atoms with van der Waals surface area (Å²) in [5.41, 5.74) is -4.48. The molecule has 0 saturated heterocycles. The lowest BCUT2D eigenvalue weighted by Crippen LogP contribution is -2.28. The smallest absolute Gasteiger partial charge is 0.493 e. The van der Waals surface area contributed by atoms with E-state index in [-0.39, 0.29) is 23.3 Å². The molecule has 0 N–H and O–H groups in total. The quantitative estimate of drug-likeness (QED) is 0.448. The first-order valence-electron chi connectivity index (χ1n) is 7.85. The molecule has 6 nitrogen and oxygen atoms in total. The molecular weight excluding hydrogens is 399 g/mol. The normalized spacial score (nSPS) is 12.0. The predicted octanol–water partition coefficient (Wildman–Crippen LogP) is 4.05. The maximum Gasteiger partial charge on any atom is 0.534 e. The van der Waals surface area contributed by atoms with E-state index in [9.17, 15) is 21.6 Å². The van der Waals surface area contributed by atoms with Crippen LogP contribution in [0.3, 0.4) is 0 Å². The largest absolute Gasteiger partial charge is 0.534 e. The fourth-order valence-electron chi connectivity index (χ4n) is 2.37. The monoisotopic (exact) mass is 413 g/mol. The number of fused-ring (bicyclic) bond motifs is 1. The molecule has 1 aromatic heterocycles. The van der Waals surface area contributed by atoms with Crippen LogP contribution in [-0.2, 0) is 16.7 Å². The highest BCUT2D eigenvalue weighted by molar-refractivity contribution is 7.88. The van der Waals surface area contributed by atoms with Crippen molar-refractivity contribution in [1.82, 2.24) is 4.98 Å². The van der Waals surface area contributed by atoms with Gasteiger partial charge in [-0.05, 0) is 11.6 Å². The third kappa shape index (κ3) is 4.11. The van der Waals surface area contributed by atoms with E-state index in [0.29, 0.717) is 5.75 Å². The Morgan fingerprint density at radius 3 is 2.36 bits per heavy atom. The van der Waals surface area contributed by atoms with Crippen molar-refractivity contribution in [3.63, 3.8) is 0 Å². The summed E-state index contributed by atoms with van der Waals surface area (Å²) in [5.74, 6) is -0.0388. The number of benzene rings is 2. The van der Waals surface area contributed by atoms with Crippen molar-refractivity contribution in [3.05, 3.63) is 60.3 Å². The van der Waals surface area contributed by atoms with E-state index in [0.717, 1.165) is 17.8 Å². The molecule has 3 aromatic rings. The molecule has 0 amide bonds. The predicted molar refractivity (Wildman–Crippen MR) is 94.7 cm³/mol. The van der Waals surface area contributed by atoms with Gasteiger partial charge in [0.1, 0.15) is 6.61 Å². The van der Waals surface area contributed by atoms with Crippen LogP contribution in [0.5, 0.6) is 17.2 Å². The maximum absolute atomic E-state index is 12.6. The molecule has 28 heavy (non-hydrogen) atoms. The van der Waals surface area contributed by atoms with Crippen LogP contribution in [0.2, 0.25) is 0 Å². The van der Waals surface area contributed by atoms with E-state index >= 15 is 0 Å². The highest BCUT2D eigenvalue weighted by Gasteiger charge is 2.48. The van der Waals surface area contributed by atoms with Gasteiger partial charge in [0.25, 0.3) is 0 Å². The molecule has 0 aliphatic carbocycles. The summed E-state index contributed by atoms with van der Waals surface area (Å²) < 4.78 is 75.7. The van der Waals surface area contributed by atoms with Crippen molar-refractivity contribution in [3.8, 4) is 17.2 Å². The highest BCUT2D eigenvalue weighted by atomic mass is 32.2. The van der Waals surface area contributed by atoms with Gasteiger partial charge in [-0.15, -0.1) is 0 Å². The Bertz CT molecular complexity index is 1090. The number of aromatic nitrogens is 1. The van der Waals surface area contributed by atoms with Crippen LogP contribution in [0.15, 0.2) is 54.7 Å². The average molecular weight is 413 g/mol. The zero-order valence-corrected chi connectivity index (χ0v) is 15.3. The molecular formula is C18H14F3NO5S. The van der Waals surface area contributed by atoms with E-state index in [2.05, 4.69) is 9.17 Å². The van der Waals surface area contributed by atoms with Crippen LogP contribution >= 0.6 is 0 Å².